The fourth-order valence-corrected chi connectivity index (χ4v) is 4.81. The van der Waals surface area contributed by atoms with E-state index in [9.17, 15) is 0 Å². The van der Waals surface area contributed by atoms with Crippen molar-refractivity contribution in [3.8, 4) is 34.4 Å². The van der Waals surface area contributed by atoms with Crippen LogP contribution in [0.25, 0.3) is 28.3 Å². The van der Waals surface area contributed by atoms with Crippen LogP contribution in [0, 0.1) is 18.3 Å². The van der Waals surface area contributed by atoms with E-state index in [1.165, 1.54) is 24.1 Å². The zero-order valence-electron chi connectivity index (χ0n) is 17.4. The second kappa shape index (κ2) is 6.85. The van der Waals surface area contributed by atoms with Crippen molar-refractivity contribution >= 4 is 5.69 Å². The van der Waals surface area contributed by atoms with Gasteiger partial charge in [-0.1, -0.05) is 12.1 Å². The van der Waals surface area contributed by atoms with Crippen molar-refractivity contribution in [1.82, 2.24) is 19.3 Å². The predicted octanol–water partition coefficient (Wildman–Crippen LogP) is 4.54. The van der Waals surface area contributed by atoms with Crippen LogP contribution in [0.3, 0.4) is 0 Å². The second-order valence-electron chi connectivity index (χ2n) is 8.34. The van der Waals surface area contributed by atoms with E-state index in [1.54, 1.807) is 0 Å². The van der Waals surface area contributed by atoms with Gasteiger partial charge >= 0.3 is 0 Å². The van der Waals surface area contributed by atoms with E-state index in [0.717, 1.165) is 53.8 Å². The molecule has 4 aromatic rings. The summed E-state index contributed by atoms with van der Waals surface area (Å²) < 4.78 is 4.44. The summed E-state index contributed by atoms with van der Waals surface area (Å²) in [5, 5.41) is 18.0. The summed E-state index contributed by atoms with van der Waals surface area (Å²) in [6, 6.07) is 18.9. The molecule has 2 aliphatic rings. The number of hydrogen-bond acceptors (Lipinski definition) is 4. The highest BCUT2D eigenvalue weighted by molar-refractivity contribution is 5.72. The zero-order chi connectivity index (χ0) is 20.9. The van der Waals surface area contributed by atoms with Crippen molar-refractivity contribution in [3.05, 3.63) is 71.7 Å². The molecule has 6 nitrogen and oxygen atoms in total. The molecule has 2 aromatic carbocycles. The van der Waals surface area contributed by atoms with Gasteiger partial charge in [-0.05, 0) is 67.3 Å². The normalized spacial score (nSPS) is 14.5. The Bertz CT molecular complexity index is 1330. The Kier molecular flexibility index (Phi) is 3.97. The first-order chi connectivity index (χ1) is 15.2. The lowest BCUT2D eigenvalue weighted by atomic mass is 10.1. The number of aromatic nitrogens is 4. The molecule has 4 heterocycles. The summed E-state index contributed by atoms with van der Waals surface area (Å²) in [6.45, 7) is 5.06. The number of rotatable bonds is 2. The van der Waals surface area contributed by atoms with E-state index in [4.69, 9.17) is 5.26 Å². The van der Waals surface area contributed by atoms with Crippen molar-refractivity contribution in [2.75, 3.05) is 18.0 Å². The molecular weight excluding hydrogens is 384 g/mol. The molecule has 2 aromatic heterocycles. The molecule has 0 radical (unpaired) electrons. The van der Waals surface area contributed by atoms with Gasteiger partial charge < -0.3 is 9.47 Å². The number of aryl methyl sites for hydroxylation is 1. The number of hydrogen-bond donors (Lipinski definition) is 0. The first-order valence-electron chi connectivity index (χ1n) is 10.7. The topological polar surface area (TPSA) is 62.7 Å². The molecule has 0 saturated carbocycles. The lowest BCUT2D eigenvalue weighted by Crippen LogP contribution is -2.18. The average Bonchev–Trinajstić information content (AvgIpc) is 3.53. The van der Waals surface area contributed by atoms with Gasteiger partial charge in [-0.3, -0.25) is 4.57 Å². The third kappa shape index (κ3) is 2.85. The molecule has 0 bridgehead atoms. The summed E-state index contributed by atoms with van der Waals surface area (Å²) in [4.78, 5) is 2.48. The summed E-state index contributed by atoms with van der Waals surface area (Å²) in [5.41, 5.74) is 7.66. The van der Waals surface area contributed by atoms with Crippen molar-refractivity contribution in [3.63, 3.8) is 0 Å². The van der Waals surface area contributed by atoms with E-state index in [-0.39, 0.29) is 0 Å². The van der Waals surface area contributed by atoms with Crippen LogP contribution in [-0.2, 0) is 6.54 Å². The van der Waals surface area contributed by atoms with Crippen LogP contribution < -0.4 is 4.90 Å². The molecule has 6 rings (SSSR count). The molecule has 0 amide bonds. The Morgan fingerprint density at radius 2 is 1.74 bits per heavy atom. The van der Waals surface area contributed by atoms with Crippen LogP contribution >= 0.6 is 0 Å². The summed E-state index contributed by atoms with van der Waals surface area (Å²) in [6.07, 6.45) is 4.71. The van der Waals surface area contributed by atoms with E-state index in [0.29, 0.717) is 5.56 Å². The highest BCUT2D eigenvalue weighted by atomic mass is 15.3. The third-order valence-electron chi connectivity index (χ3n) is 6.41. The molecule has 1 saturated heterocycles. The van der Waals surface area contributed by atoms with Gasteiger partial charge in [-0.2, -0.15) is 5.26 Å². The standard InChI is InChI=1S/C25H22N6/c1-17-27-28-25-24-13-20(19-6-4-18(14-26)5-7-19)15-30(24)16-21-12-22(29-10-2-3-11-29)8-9-23(21)31(17)25/h4-9,12-13,15H,2-3,10-11,16H2,1H3. The van der Waals surface area contributed by atoms with E-state index >= 15 is 0 Å². The van der Waals surface area contributed by atoms with Gasteiger partial charge in [0, 0.05) is 37.1 Å². The number of benzene rings is 2. The molecule has 0 unspecified atom stereocenters. The molecule has 6 heteroatoms. The Morgan fingerprint density at radius 3 is 2.52 bits per heavy atom. The summed E-state index contributed by atoms with van der Waals surface area (Å²) in [7, 11) is 0. The Balaban J connectivity index is 1.49. The molecule has 31 heavy (non-hydrogen) atoms. The SMILES string of the molecule is Cc1nnc2n1-c1ccc(N3CCCC3)cc1Cn1cc(-c3ccc(C#N)cc3)cc1-2. The van der Waals surface area contributed by atoms with Gasteiger partial charge in [-0.25, -0.2) is 0 Å². The van der Waals surface area contributed by atoms with Crippen LogP contribution in [0.4, 0.5) is 5.69 Å². The minimum absolute atomic E-state index is 0.670. The monoisotopic (exact) mass is 406 g/mol. The molecule has 0 N–H and O–H groups in total. The van der Waals surface area contributed by atoms with Gasteiger partial charge in [0.05, 0.1) is 23.0 Å². The lowest BCUT2D eigenvalue weighted by Gasteiger charge is -2.20. The van der Waals surface area contributed by atoms with Gasteiger partial charge in [0.15, 0.2) is 5.82 Å². The van der Waals surface area contributed by atoms with Gasteiger partial charge in [0.1, 0.15) is 5.82 Å². The predicted molar refractivity (Wildman–Crippen MR) is 120 cm³/mol. The average molecular weight is 406 g/mol. The summed E-state index contributed by atoms with van der Waals surface area (Å²) >= 11 is 0. The number of nitriles is 1. The highest BCUT2D eigenvalue weighted by Gasteiger charge is 2.25. The van der Waals surface area contributed by atoms with Crippen LogP contribution in [0.5, 0.6) is 0 Å². The molecule has 152 valence electrons. The molecule has 2 aliphatic heterocycles. The Hall–Kier alpha value is -3.85. The van der Waals surface area contributed by atoms with Crippen molar-refractivity contribution in [2.45, 2.75) is 26.3 Å². The van der Waals surface area contributed by atoms with Gasteiger partial charge in [0.25, 0.3) is 0 Å². The minimum Gasteiger partial charge on any atom is -0.372 e. The van der Waals surface area contributed by atoms with Gasteiger partial charge in [0.2, 0.25) is 0 Å². The molecule has 0 spiro atoms. The number of nitrogens with zero attached hydrogens (tertiary/aromatic N) is 6. The van der Waals surface area contributed by atoms with Crippen molar-refractivity contribution < 1.29 is 0 Å². The second-order valence-corrected chi connectivity index (χ2v) is 8.34. The van der Waals surface area contributed by atoms with Crippen molar-refractivity contribution in [2.24, 2.45) is 0 Å². The van der Waals surface area contributed by atoms with E-state index in [1.807, 2.05) is 31.2 Å². The molecular formula is C25H22N6. The Morgan fingerprint density at radius 1 is 0.935 bits per heavy atom. The quantitative estimate of drug-likeness (QED) is 0.432. The number of fused-ring (bicyclic) bond motifs is 5. The van der Waals surface area contributed by atoms with Crippen molar-refractivity contribution in [1.29, 1.82) is 5.26 Å². The minimum atomic E-state index is 0.670. The molecule has 0 aliphatic carbocycles. The maximum atomic E-state index is 9.09. The van der Waals surface area contributed by atoms with E-state index in [2.05, 4.69) is 60.8 Å². The highest BCUT2D eigenvalue weighted by Crippen LogP contribution is 2.36. The van der Waals surface area contributed by atoms with Gasteiger partial charge in [-0.15, -0.1) is 10.2 Å². The fourth-order valence-electron chi connectivity index (χ4n) is 4.81. The molecule has 0 atom stereocenters. The van der Waals surface area contributed by atoms with Crippen LogP contribution in [0.15, 0.2) is 54.7 Å². The van der Waals surface area contributed by atoms with Crippen LogP contribution in [-0.4, -0.2) is 32.4 Å². The third-order valence-corrected chi connectivity index (χ3v) is 6.41. The zero-order valence-corrected chi connectivity index (χ0v) is 17.4. The molecule has 1 fully saturated rings. The first kappa shape index (κ1) is 18.0. The fraction of sp³-hybridized carbons (Fsp3) is 0.240. The summed E-state index contributed by atoms with van der Waals surface area (Å²) in [5.74, 6) is 1.75. The largest absolute Gasteiger partial charge is 0.372 e. The van der Waals surface area contributed by atoms with Crippen LogP contribution in [0.2, 0.25) is 0 Å². The maximum absolute atomic E-state index is 9.09. The lowest BCUT2D eigenvalue weighted by molar-refractivity contribution is 0.814. The smallest absolute Gasteiger partial charge is 0.185 e. The number of anilines is 1. The van der Waals surface area contributed by atoms with E-state index < -0.39 is 0 Å². The first-order valence-corrected chi connectivity index (χ1v) is 10.7. The maximum Gasteiger partial charge on any atom is 0.185 e. The Labute approximate surface area is 181 Å². The van der Waals surface area contributed by atoms with Crippen LogP contribution in [0.1, 0.15) is 29.8 Å².